The molecule has 0 unspecified atom stereocenters. The van der Waals surface area contributed by atoms with Gasteiger partial charge in [-0.25, -0.2) is 9.59 Å². The molecule has 2 saturated heterocycles. The average Bonchev–Trinajstić information content (AvgIpc) is 3.49. The molecule has 4 rings (SSSR count). The predicted octanol–water partition coefficient (Wildman–Crippen LogP) is 6.12. The van der Waals surface area contributed by atoms with Crippen molar-refractivity contribution in [2.75, 3.05) is 87.8 Å². The fraction of sp³-hybridized carbons (Fsp3) is 0.783. The molecule has 3 heterocycles. The Labute approximate surface area is 476 Å². The second-order valence-corrected chi connectivity index (χ2v) is 22.5. The Balaban J connectivity index is 1.52. The summed E-state index contributed by atoms with van der Waals surface area (Å²) in [4.78, 5) is 71.2. The van der Waals surface area contributed by atoms with Crippen LogP contribution in [0.3, 0.4) is 0 Å². The molecule has 0 aromatic carbocycles. The van der Waals surface area contributed by atoms with Gasteiger partial charge in [-0.2, -0.15) is 0 Å². The number of rotatable bonds is 19. The summed E-state index contributed by atoms with van der Waals surface area (Å²) in [5, 5.41) is 26.3. The maximum absolute atomic E-state index is 14.6. The number of alkyl carbamates (subject to hydrolysis) is 1. The number of hydrogen-bond acceptors (Lipinski definition) is 18. The molecule has 3 fully saturated rings. The molecule has 1 saturated carbocycles. The molecule has 20 heteroatoms. The standard InChI is InChI=1S/C60H99N3O17/c1-39-16-12-11-13-17-41(3)51(72-8)38-46-22-20-44(6)60(70,80-46)56(66)57(67)63-26-15-14-18-48(63)58(68)78-49(23-19-40(2)35-43(5)54(65)55(74-10)53(64)42(4)34-39)47(61)36-45-21-24-50(52(37-45)73-9)79-59(69)62-25-27-75-30-31-77-33-32-76-29-28-71-7/h11-13,16-17,35,39-40,42,44-52,54-55,65,70H,14-15,18-34,36-38,61H2,1-10H3,(H,62,69)/b13-11+,16-12+,41-17+,43-35+/t39-,40+,42-,44-,45+,46+,47-,48+,49+,50-,51+,52-,54-,55+,60-/m1/s1. The van der Waals surface area contributed by atoms with E-state index in [0.29, 0.717) is 122 Å². The molecule has 80 heavy (non-hydrogen) atoms. The molecule has 0 aromatic rings. The van der Waals surface area contributed by atoms with Crippen molar-refractivity contribution in [1.82, 2.24) is 10.2 Å². The van der Waals surface area contributed by atoms with Gasteiger partial charge in [0.15, 0.2) is 5.78 Å². The van der Waals surface area contributed by atoms with E-state index < -0.39 is 96.2 Å². The van der Waals surface area contributed by atoms with Gasteiger partial charge in [0.2, 0.25) is 5.79 Å². The molecule has 0 radical (unpaired) electrons. The zero-order chi connectivity index (χ0) is 58.8. The molecule has 5 N–H and O–H groups in total. The van der Waals surface area contributed by atoms with E-state index in [1.165, 1.54) is 12.0 Å². The number of esters is 1. The second kappa shape index (κ2) is 35.9. The van der Waals surface area contributed by atoms with E-state index in [-0.39, 0.29) is 49.7 Å². The molecular weight excluding hydrogens is 1030 g/mol. The fourth-order valence-electron chi connectivity index (χ4n) is 11.3. The van der Waals surface area contributed by atoms with E-state index in [1.807, 2.05) is 64.2 Å². The monoisotopic (exact) mass is 1130 g/mol. The minimum absolute atomic E-state index is 0.00158. The van der Waals surface area contributed by atoms with Crippen LogP contribution in [0.1, 0.15) is 125 Å². The van der Waals surface area contributed by atoms with Gasteiger partial charge in [0.05, 0.1) is 64.6 Å². The van der Waals surface area contributed by atoms with Crippen molar-refractivity contribution in [2.45, 2.75) is 186 Å². The van der Waals surface area contributed by atoms with E-state index in [2.05, 4.69) is 5.32 Å². The highest BCUT2D eigenvalue weighted by Crippen LogP contribution is 2.37. The normalized spacial score (nSPS) is 34.9. The third-order valence-electron chi connectivity index (χ3n) is 16.2. The second-order valence-electron chi connectivity index (χ2n) is 22.5. The quantitative estimate of drug-likeness (QED) is 0.0491. The number of ether oxygens (including phenoxy) is 10. The first kappa shape index (κ1) is 68.6. The van der Waals surface area contributed by atoms with Crippen LogP contribution in [0.15, 0.2) is 47.6 Å². The number of fused-ring (bicyclic) bond motifs is 3. The summed E-state index contributed by atoms with van der Waals surface area (Å²) in [7, 11) is 6.19. The number of methoxy groups -OCH3 is 4. The average molecular weight is 1130 g/mol. The molecule has 1 aliphatic carbocycles. The van der Waals surface area contributed by atoms with Crippen LogP contribution in [0, 0.1) is 29.6 Å². The van der Waals surface area contributed by atoms with E-state index >= 15 is 0 Å². The summed E-state index contributed by atoms with van der Waals surface area (Å²) < 4.78 is 57.1. The highest BCUT2D eigenvalue weighted by atomic mass is 16.6. The molecule has 20 nitrogen and oxygen atoms in total. The number of ketones is 2. The molecule has 0 aromatic heterocycles. The summed E-state index contributed by atoms with van der Waals surface area (Å²) in [6, 6.07) is -1.81. The molecule has 4 aliphatic rings. The largest absolute Gasteiger partial charge is 0.459 e. The lowest BCUT2D eigenvalue weighted by molar-refractivity contribution is -0.265. The van der Waals surface area contributed by atoms with Gasteiger partial charge in [-0.05, 0) is 120 Å². The lowest BCUT2D eigenvalue weighted by Crippen LogP contribution is -2.61. The number of Topliss-reactive ketones (excluding diaryl/α,β-unsaturated/α-hetero) is 2. The summed E-state index contributed by atoms with van der Waals surface area (Å²) in [5.74, 6) is -6.76. The number of carbonyl (C=O) groups is 5. The summed E-state index contributed by atoms with van der Waals surface area (Å²) >= 11 is 0. The zero-order valence-corrected chi connectivity index (χ0v) is 49.6. The Kier molecular flexibility index (Phi) is 30.8. The van der Waals surface area contributed by atoms with Crippen molar-refractivity contribution in [3.63, 3.8) is 0 Å². The van der Waals surface area contributed by atoms with E-state index in [0.717, 1.165) is 5.57 Å². The number of nitrogens with zero attached hydrogens (tertiary/aromatic N) is 1. The van der Waals surface area contributed by atoms with Crippen molar-refractivity contribution >= 4 is 29.5 Å². The Bertz CT molecular complexity index is 2030. The van der Waals surface area contributed by atoms with Crippen LogP contribution in [0.2, 0.25) is 0 Å². The number of allylic oxidation sites excluding steroid dienone is 6. The number of cyclic esters (lactones) is 1. The SMILES string of the molecule is COCCOCCOCCOCCNC(=O)O[C@@H]1CC[C@@H](C[C@@H](N)[C@@H]2CC[C@H](C)/C=C(\C)[C@@H](O)[C@@H](OC)C(=O)[C@H](C)C[C@H](C)/C=C/C=C/C=C(\C)[C@@H](OC)C[C@@H]3CC[C@@H](C)[C@@](O)(O3)C(=O)C(=O)N3CCCC[C@H]3C(=O)O2)C[C@H]1OC. The number of nitrogens with two attached hydrogens (primary N) is 1. The molecule has 2 amide bonds. The summed E-state index contributed by atoms with van der Waals surface area (Å²) in [5.41, 5.74) is 8.51. The Morgan fingerprint density at radius 3 is 2.15 bits per heavy atom. The smallest absolute Gasteiger partial charge is 0.407 e. The van der Waals surface area contributed by atoms with E-state index in [1.54, 1.807) is 35.2 Å². The number of aliphatic hydroxyl groups is 2. The van der Waals surface area contributed by atoms with Gasteiger partial charge in [0.1, 0.15) is 30.5 Å². The maximum Gasteiger partial charge on any atom is 0.407 e. The zero-order valence-electron chi connectivity index (χ0n) is 49.6. The third-order valence-corrected chi connectivity index (χ3v) is 16.2. The van der Waals surface area contributed by atoms with Crippen LogP contribution in [-0.4, -0.2) is 193 Å². The maximum atomic E-state index is 14.6. The third kappa shape index (κ3) is 21.7. The van der Waals surface area contributed by atoms with Crippen LogP contribution in [0.5, 0.6) is 0 Å². The first-order valence-electron chi connectivity index (χ1n) is 29.2. The first-order chi connectivity index (χ1) is 38.3. The van der Waals surface area contributed by atoms with Gasteiger partial charge in [-0.15, -0.1) is 0 Å². The summed E-state index contributed by atoms with van der Waals surface area (Å²) in [6.07, 6.45) is 11.8. The number of amides is 2. The van der Waals surface area contributed by atoms with Gasteiger partial charge in [0, 0.05) is 65.8 Å². The Morgan fingerprint density at radius 1 is 0.775 bits per heavy atom. The number of aliphatic hydroxyl groups excluding tert-OH is 1. The Hall–Kier alpha value is -3.93. The predicted molar refractivity (Wildman–Crippen MR) is 300 cm³/mol. The molecule has 456 valence electrons. The molecule has 3 aliphatic heterocycles. The number of piperidine rings is 1. The van der Waals surface area contributed by atoms with E-state index in [4.69, 9.17) is 53.1 Å². The van der Waals surface area contributed by atoms with Crippen LogP contribution >= 0.6 is 0 Å². The molecular formula is C60H99N3O17. The van der Waals surface area contributed by atoms with Crippen LogP contribution in [0.25, 0.3) is 0 Å². The molecule has 2 bridgehead atoms. The Morgan fingerprint density at radius 2 is 1.48 bits per heavy atom. The van der Waals surface area contributed by atoms with Crippen molar-refractivity contribution in [3.05, 3.63) is 47.6 Å². The van der Waals surface area contributed by atoms with Crippen molar-refractivity contribution in [3.8, 4) is 0 Å². The van der Waals surface area contributed by atoms with E-state index in [9.17, 15) is 34.2 Å². The van der Waals surface area contributed by atoms with Gasteiger partial charge in [-0.1, -0.05) is 64.2 Å². The minimum Gasteiger partial charge on any atom is -0.459 e. The van der Waals surface area contributed by atoms with Gasteiger partial charge >= 0.3 is 12.1 Å². The highest BCUT2D eigenvalue weighted by molar-refractivity contribution is 6.39. The molecule has 0 spiro atoms. The molecule has 15 atom stereocenters. The lowest BCUT2D eigenvalue weighted by atomic mass is 9.80. The lowest BCUT2D eigenvalue weighted by Gasteiger charge is -2.42. The summed E-state index contributed by atoms with van der Waals surface area (Å²) in [6.45, 7) is 14.5. The number of hydrogen-bond donors (Lipinski definition) is 4. The van der Waals surface area contributed by atoms with Gasteiger partial charge in [-0.3, -0.25) is 14.4 Å². The van der Waals surface area contributed by atoms with Crippen LogP contribution in [-0.2, 0) is 66.5 Å². The van der Waals surface area contributed by atoms with Gasteiger partial charge < -0.3 is 73.5 Å². The van der Waals surface area contributed by atoms with Crippen molar-refractivity contribution in [2.24, 2.45) is 35.3 Å². The van der Waals surface area contributed by atoms with Gasteiger partial charge in [0.25, 0.3) is 11.7 Å². The number of nitrogens with one attached hydrogen (secondary N) is 1. The fourth-order valence-corrected chi connectivity index (χ4v) is 11.3. The van der Waals surface area contributed by atoms with Crippen molar-refractivity contribution < 1.29 is 81.6 Å². The van der Waals surface area contributed by atoms with Crippen LogP contribution in [0.4, 0.5) is 4.79 Å². The first-order valence-corrected chi connectivity index (χ1v) is 29.2. The highest BCUT2D eigenvalue weighted by Gasteiger charge is 2.53. The minimum atomic E-state index is -2.43. The topological polar surface area (TPSA) is 259 Å². The number of carbonyl (C=O) groups excluding carboxylic acids is 5. The van der Waals surface area contributed by atoms with Crippen molar-refractivity contribution in [1.29, 1.82) is 0 Å². The van der Waals surface area contributed by atoms with Crippen LogP contribution < -0.4 is 11.1 Å².